The number of guanidine groups is 1. The maximum atomic E-state index is 10.1. The first-order valence-electron chi connectivity index (χ1n) is 4.23. The Hall–Kier alpha value is -0.410. The standard InChI is InChI=1S/C6H11Br2N5O2/c7-1-5(8)2-12-3-9-6(10-4-12)11-13(14)15/h5H,1-4H2,(H2,9,10,11). The number of halogens is 2. The van der Waals surface area contributed by atoms with Gasteiger partial charge in [-0.05, 0) is 0 Å². The van der Waals surface area contributed by atoms with E-state index in [4.69, 9.17) is 0 Å². The topological polar surface area (TPSA) is 82.8 Å². The fraction of sp³-hybridized carbons (Fsp3) is 0.833. The summed E-state index contributed by atoms with van der Waals surface area (Å²) >= 11 is 6.83. The van der Waals surface area contributed by atoms with Gasteiger partial charge in [0.05, 0.1) is 13.3 Å². The van der Waals surface area contributed by atoms with Crippen LogP contribution in [0.15, 0.2) is 4.99 Å². The van der Waals surface area contributed by atoms with Gasteiger partial charge in [0, 0.05) is 16.7 Å². The third-order valence-corrected chi connectivity index (χ3v) is 3.98. The van der Waals surface area contributed by atoms with Gasteiger partial charge in [0.15, 0.2) is 5.03 Å². The Morgan fingerprint density at radius 1 is 1.80 bits per heavy atom. The van der Waals surface area contributed by atoms with Gasteiger partial charge in [-0.3, -0.25) is 4.90 Å². The molecule has 0 saturated carbocycles. The van der Waals surface area contributed by atoms with Crippen LogP contribution in [0.4, 0.5) is 0 Å². The average Bonchev–Trinajstić information content (AvgIpc) is 2.20. The molecule has 2 N–H and O–H groups in total. The molecule has 86 valence electrons. The zero-order valence-electron chi connectivity index (χ0n) is 7.82. The van der Waals surface area contributed by atoms with Crippen LogP contribution in [-0.4, -0.2) is 45.9 Å². The number of nitro groups is 1. The van der Waals surface area contributed by atoms with Crippen molar-refractivity contribution >= 4 is 37.8 Å². The van der Waals surface area contributed by atoms with Crippen LogP contribution >= 0.6 is 31.9 Å². The van der Waals surface area contributed by atoms with E-state index in [1.807, 2.05) is 10.3 Å². The lowest BCUT2D eigenvalue weighted by atomic mass is 10.4. The molecule has 0 aromatic carbocycles. The monoisotopic (exact) mass is 343 g/mol. The Labute approximate surface area is 104 Å². The number of hydrazine groups is 1. The van der Waals surface area contributed by atoms with Crippen LogP contribution < -0.4 is 10.7 Å². The van der Waals surface area contributed by atoms with Crippen molar-refractivity contribution in [2.24, 2.45) is 4.99 Å². The molecule has 9 heteroatoms. The van der Waals surface area contributed by atoms with Gasteiger partial charge in [0.1, 0.15) is 0 Å². The summed E-state index contributed by atoms with van der Waals surface area (Å²) in [7, 11) is 0. The fourth-order valence-electron chi connectivity index (χ4n) is 1.08. The normalized spacial score (nSPS) is 18.9. The summed E-state index contributed by atoms with van der Waals surface area (Å²) in [6, 6.07) is 0. The van der Waals surface area contributed by atoms with Gasteiger partial charge >= 0.3 is 0 Å². The van der Waals surface area contributed by atoms with E-state index in [1.54, 1.807) is 0 Å². The molecule has 1 atom stereocenters. The molecule has 1 rings (SSSR count). The van der Waals surface area contributed by atoms with E-state index >= 15 is 0 Å². The molecule has 0 spiro atoms. The number of nitrogens with one attached hydrogen (secondary N) is 2. The van der Waals surface area contributed by atoms with E-state index in [-0.39, 0.29) is 5.96 Å². The Morgan fingerprint density at radius 3 is 3.00 bits per heavy atom. The third kappa shape index (κ3) is 4.76. The van der Waals surface area contributed by atoms with Crippen LogP contribution in [0.2, 0.25) is 0 Å². The predicted octanol–water partition coefficient (Wildman–Crippen LogP) is 0.102. The van der Waals surface area contributed by atoms with E-state index in [0.29, 0.717) is 18.2 Å². The molecule has 1 aliphatic rings. The molecule has 0 saturated heterocycles. The van der Waals surface area contributed by atoms with Crippen molar-refractivity contribution in [2.75, 3.05) is 25.2 Å². The van der Waals surface area contributed by atoms with Gasteiger partial charge in [-0.2, -0.15) is 0 Å². The quantitative estimate of drug-likeness (QED) is 0.429. The summed E-state index contributed by atoms with van der Waals surface area (Å²) in [5, 5.41) is 13.2. The van der Waals surface area contributed by atoms with Gasteiger partial charge in [-0.1, -0.05) is 37.3 Å². The lowest BCUT2D eigenvalue weighted by Gasteiger charge is -2.26. The van der Waals surface area contributed by atoms with Crippen LogP contribution in [0.3, 0.4) is 0 Å². The number of hydrogen-bond donors (Lipinski definition) is 2. The minimum atomic E-state index is -0.632. The summed E-state index contributed by atoms with van der Waals surface area (Å²) < 4.78 is 0. The van der Waals surface area contributed by atoms with E-state index < -0.39 is 5.03 Å². The first-order chi connectivity index (χ1) is 7.11. The van der Waals surface area contributed by atoms with E-state index in [1.165, 1.54) is 0 Å². The van der Waals surface area contributed by atoms with E-state index in [9.17, 15) is 10.1 Å². The molecule has 0 fully saturated rings. The second-order valence-corrected chi connectivity index (χ2v) is 4.90. The highest BCUT2D eigenvalue weighted by atomic mass is 79.9. The molecule has 0 aromatic heterocycles. The summed E-state index contributed by atoms with van der Waals surface area (Å²) in [5.74, 6) is 0.209. The Kier molecular flexibility index (Phi) is 5.26. The fourth-order valence-corrected chi connectivity index (χ4v) is 1.69. The number of alkyl halides is 2. The lowest BCUT2D eigenvalue weighted by molar-refractivity contribution is -0.525. The van der Waals surface area contributed by atoms with Gasteiger partial charge in [-0.25, -0.2) is 15.1 Å². The van der Waals surface area contributed by atoms with Crippen LogP contribution in [0.1, 0.15) is 0 Å². The third-order valence-electron chi connectivity index (χ3n) is 1.72. The van der Waals surface area contributed by atoms with Crippen LogP contribution in [0.25, 0.3) is 0 Å². The Morgan fingerprint density at radius 2 is 2.53 bits per heavy atom. The smallest absolute Gasteiger partial charge is 0.256 e. The summed E-state index contributed by atoms with van der Waals surface area (Å²) in [6.45, 7) is 1.83. The molecule has 1 unspecified atom stereocenters. The number of nitrogens with zero attached hydrogens (tertiary/aromatic N) is 3. The van der Waals surface area contributed by atoms with Crippen molar-refractivity contribution in [1.29, 1.82) is 0 Å². The van der Waals surface area contributed by atoms with Gasteiger partial charge in [0.25, 0.3) is 5.96 Å². The molecular weight excluding hydrogens is 334 g/mol. The van der Waals surface area contributed by atoms with Crippen molar-refractivity contribution in [1.82, 2.24) is 15.6 Å². The van der Waals surface area contributed by atoms with Crippen LogP contribution in [0.5, 0.6) is 0 Å². The summed E-state index contributed by atoms with van der Waals surface area (Å²) in [5.41, 5.74) is 1.98. The summed E-state index contributed by atoms with van der Waals surface area (Å²) in [4.78, 5) is 16.5. The van der Waals surface area contributed by atoms with E-state index in [2.05, 4.69) is 42.2 Å². The molecule has 1 heterocycles. The minimum Gasteiger partial charge on any atom is -0.339 e. The van der Waals surface area contributed by atoms with Crippen LogP contribution in [0, 0.1) is 10.1 Å². The molecule has 0 radical (unpaired) electrons. The zero-order chi connectivity index (χ0) is 11.3. The number of rotatable bonds is 4. The van der Waals surface area contributed by atoms with Crippen molar-refractivity contribution in [2.45, 2.75) is 4.83 Å². The molecule has 15 heavy (non-hydrogen) atoms. The van der Waals surface area contributed by atoms with Crippen molar-refractivity contribution in [3.63, 3.8) is 0 Å². The van der Waals surface area contributed by atoms with E-state index in [0.717, 1.165) is 11.9 Å². The molecule has 1 aliphatic heterocycles. The van der Waals surface area contributed by atoms with Gasteiger partial charge in [-0.15, -0.1) is 0 Å². The minimum absolute atomic E-state index is 0.209. The number of hydrogen-bond acceptors (Lipinski definition) is 5. The Balaban J connectivity index is 2.33. The second-order valence-electron chi connectivity index (χ2n) is 2.96. The Bertz CT molecular complexity index is 262. The lowest BCUT2D eigenvalue weighted by Crippen LogP contribution is -2.51. The SMILES string of the molecule is O=[N+]([O-])NC1=NCN(CC(Br)CBr)CN1. The maximum Gasteiger partial charge on any atom is 0.256 e. The largest absolute Gasteiger partial charge is 0.339 e. The summed E-state index contributed by atoms with van der Waals surface area (Å²) in [6.07, 6.45) is 0. The first kappa shape index (κ1) is 12.7. The predicted molar refractivity (Wildman–Crippen MR) is 63.6 cm³/mol. The van der Waals surface area contributed by atoms with Gasteiger partial charge < -0.3 is 5.32 Å². The molecule has 0 amide bonds. The average molecular weight is 345 g/mol. The highest BCUT2D eigenvalue weighted by molar-refractivity contribution is 9.12. The van der Waals surface area contributed by atoms with Crippen molar-refractivity contribution in [3.05, 3.63) is 10.1 Å². The first-order valence-corrected chi connectivity index (χ1v) is 6.27. The van der Waals surface area contributed by atoms with Crippen LogP contribution in [-0.2, 0) is 0 Å². The highest BCUT2D eigenvalue weighted by Crippen LogP contribution is 2.06. The van der Waals surface area contributed by atoms with Crippen molar-refractivity contribution < 1.29 is 5.03 Å². The molecule has 0 bridgehead atoms. The van der Waals surface area contributed by atoms with Crippen molar-refractivity contribution in [3.8, 4) is 0 Å². The maximum absolute atomic E-state index is 10.1. The molecular formula is C6H11Br2N5O2. The van der Waals surface area contributed by atoms with Gasteiger partial charge in [0.2, 0.25) is 0 Å². The second kappa shape index (κ2) is 6.23. The highest BCUT2D eigenvalue weighted by Gasteiger charge is 2.16. The molecule has 0 aromatic rings. The number of aliphatic imine (C=N–C) groups is 1. The zero-order valence-corrected chi connectivity index (χ0v) is 11.0. The molecule has 7 nitrogen and oxygen atoms in total. The molecule has 0 aliphatic carbocycles.